The van der Waals surface area contributed by atoms with E-state index in [1.165, 1.54) is 17.5 Å². The molecule has 2 nitrogen and oxygen atoms in total. The second-order valence-electron chi connectivity index (χ2n) is 5.73. The van der Waals surface area contributed by atoms with Crippen molar-refractivity contribution in [1.82, 2.24) is 4.98 Å². The summed E-state index contributed by atoms with van der Waals surface area (Å²) in [7, 11) is 0. The van der Waals surface area contributed by atoms with E-state index in [1.807, 2.05) is 13.0 Å². The van der Waals surface area contributed by atoms with Crippen LogP contribution in [0, 0.1) is 6.92 Å². The molecular formula is C17H18Cl2N2. The minimum absolute atomic E-state index is 0.275. The molecule has 3 rings (SSSR count). The molecule has 2 aromatic rings. The van der Waals surface area contributed by atoms with Gasteiger partial charge >= 0.3 is 0 Å². The van der Waals surface area contributed by atoms with Gasteiger partial charge in [0.2, 0.25) is 0 Å². The zero-order valence-corrected chi connectivity index (χ0v) is 13.7. The second kappa shape index (κ2) is 5.86. The van der Waals surface area contributed by atoms with Gasteiger partial charge in [0.25, 0.3) is 0 Å². The number of nitrogens with one attached hydrogen (secondary N) is 1. The summed E-state index contributed by atoms with van der Waals surface area (Å²) in [6, 6.07) is 10.8. The van der Waals surface area contributed by atoms with Crippen molar-refractivity contribution < 1.29 is 0 Å². The molecule has 1 aliphatic carbocycles. The van der Waals surface area contributed by atoms with Crippen LogP contribution >= 0.6 is 23.2 Å². The third-order valence-corrected chi connectivity index (χ3v) is 4.72. The van der Waals surface area contributed by atoms with E-state index in [1.54, 1.807) is 0 Å². The van der Waals surface area contributed by atoms with Gasteiger partial charge in [0.05, 0.1) is 11.7 Å². The normalized spacial score (nSPS) is 21.0. The predicted octanol–water partition coefficient (Wildman–Crippen LogP) is 5.75. The molecule has 2 atom stereocenters. The molecule has 2 unspecified atom stereocenters. The quantitative estimate of drug-likeness (QED) is 0.713. The number of aromatic nitrogens is 1. The number of rotatable bonds is 2. The minimum atomic E-state index is 0.275. The third kappa shape index (κ3) is 2.88. The van der Waals surface area contributed by atoms with Crippen molar-refractivity contribution in [3.8, 4) is 0 Å². The summed E-state index contributed by atoms with van der Waals surface area (Å²) in [5, 5.41) is 4.44. The molecule has 110 valence electrons. The summed E-state index contributed by atoms with van der Waals surface area (Å²) in [6.45, 7) is 4.29. The lowest BCUT2D eigenvalue weighted by Gasteiger charge is -2.31. The Morgan fingerprint density at radius 1 is 1.14 bits per heavy atom. The summed E-state index contributed by atoms with van der Waals surface area (Å²) < 4.78 is 0. The van der Waals surface area contributed by atoms with Crippen molar-refractivity contribution in [3.05, 3.63) is 57.3 Å². The molecule has 0 spiro atoms. The lowest BCUT2D eigenvalue weighted by molar-refractivity contribution is 0.534. The van der Waals surface area contributed by atoms with E-state index in [4.69, 9.17) is 23.2 Å². The monoisotopic (exact) mass is 320 g/mol. The summed E-state index contributed by atoms with van der Waals surface area (Å²) >= 11 is 12.2. The van der Waals surface area contributed by atoms with Crippen LogP contribution in [0.1, 0.15) is 48.4 Å². The topological polar surface area (TPSA) is 24.9 Å². The molecule has 21 heavy (non-hydrogen) atoms. The molecule has 1 aromatic carbocycles. The van der Waals surface area contributed by atoms with E-state index in [0.29, 0.717) is 16.2 Å². The molecule has 0 radical (unpaired) electrons. The zero-order chi connectivity index (χ0) is 15.0. The van der Waals surface area contributed by atoms with Gasteiger partial charge in [0, 0.05) is 0 Å². The van der Waals surface area contributed by atoms with Crippen molar-refractivity contribution in [1.29, 1.82) is 0 Å². The van der Waals surface area contributed by atoms with Crippen LogP contribution in [0.2, 0.25) is 10.3 Å². The van der Waals surface area contributed by atoms with Gasteiger partial charge in [-0.3, -0.25) is 0 Å². The Balaban J connectivity index is 1.95. The van der Waals surface area contributed by atoms with Crippen molar-refractivity contribution >= 4 is 28.9 Å². The van der Waals surface area contributed by atoms with Crippen LogP contribution in [-0.2, 0) is 0 Å². The summed E-state index contributed by atoms with van der Waals surface area (Å²) in [5.41, 5.74) is 4.70. The first-order valence-electron chi connectivity index (χ1n) is 7.24. The van der Waals surface area contributed by atoms with Gasteiger partial charge in [-0.25, -0.2) is 4.98 Å². The van der Waals surface area contributed by atoms with Crippen LogP contribution in [0.5, 0.6) is 0 Å². The Morgan fingerprint density at radius 2 is 1.86 bits per heavy atom. The standard InChI is InChI=1S/C17H18Cl2N2/c1-10-7-8-14(13-6-4-3-5-12(10)13)20-16-11(2)9-15(18)21-17(16)19/h3-6,9-10,14,20H,7-8H2,1-2H3. The predicted molar refractivity (Wildman–Crippen MR) is 89.4 cm³/mol. The smallest absolute Gasteiger partial charge is 0.154 e. The molecule has 1 heterocycles. The van der Waals surface area contributed by atoms with Gasteiger partial charge in [0.15, 0.2) is 5.15 Å². The Bertz CT molecular complexity index is 647. The van der Waals surface area contributed by atoms with Crippen LogP contribution in [0.25, 0.3) is 0 Å². The average molecular weight is 321 g/mol. The van der Waals surface area contributed by atoms with Crippen LogP contribution in [0.4, 0.5) is 5.69 Å². The number of hydrogen-bond donors (Lipinski definition) is 1. The number of nitrogens with zero attached hydrogens (tertiary/aromatic N) is 1. The van der Waals surface area contributed by atoms with Gasteiger partial charge in [0.1, 0.15) is 5.15 Å². The van der Waals surface area contributed by atoms with Crippen molar-refractivity contribution in [2.24, 2.45) is 0 Å². The molecule has 0 saturated heterocycles. The third-order valence-electron chi connectivity index (χ3n) is 4.25. The van der Waals surface area contributed by atoms with Crippen LogP contribution in [0.3, 0.4) is 0 Å². The molecular weight excluding hydrogens is 303 g/mol. The lowest BCUT2D eigenvalue weighted by Crippen LogP contribution is -2.20. The van der Waals surface area contributed by atoms with Gasteiger partial charge in [-0.15, -0.1) is 0 Å². The molecule has 1 aliphatic rings. The maximum atomic E-state index is 6.25. The number of aryl methyl sites for hydroxylation is 1. The van der Waals surface area contributed by atoms with Gasteiger partial charge in [-0.2, -0.15) is 0 Å². The first kappa shape index (κ1) is 14.7. The van der Waals surface area contributed by atoms with Crippen LogP contribution in [-0.4, -0.2) is 4.98 Å². The number of anilines is 1. The molecule has 0 aliphatic heterocycles. The Hall–Kier alpha value is -1.25. The van der Waals surface area contributed by atoms with E-state index in [0.717, 1.165) is 17.7 Å². The van der Waals surface area contributed by atoms with E-state index < -0.39 is 0 Å². The van der Waals surface area contributed by atoms with E-state index in [-0.39, 0.29) is 6.04 Å². The summed E-state index contributed by atoms with van der Waals surface area (Å²) in [5.74, 6) is 0.610. The second-order valence-corrected chi connectivity index (χ2v) is 6.48. The lowest BCUT2D eigenvalue weighted by atomic mass is 9.81. The molecule has 1 aromatic heterocycles. The number of hydrogen-bond acceptors (Lipinski definition) is 2. The molecule has 0 bridgehead atoms. The van der Waals surface area contributed by atoms with Crippen molar-refractivity contribution in [2.45, 2.75) is 38.6 Å². The Labute approximate surface area is 135 Å². The highest BCUT2D eigenvalue weighted by Crippen LogP contribution is 2.40. The van der Waals surface area contributed by atoms with Gasteiger partial charge < -0.3 is 5.32 Å². The molecule has 1 N–H and O–H groups in total. The summed E-state index contributed by atoms with van der Waals surface area (Å²) in [6.07, 6.45) is 2.27. The van der Waals surface area contributed by atoms with Gasteiger partial charge in [-0.1, -0.05) is 54.4 Å². The number of benzene rings is 1. The van der Waals surface area contributed by atoms with Gasteiger partial charge in [-0.05, 0) is 48.4 Å². The molecule has 0 amide bonds. The molecule has 4 heteroatoms. The fourth-order valence-corrected chi connectivity index (χ4v) is 3.68. The number of pyridine rings is 1. The molecule has 0 fully saturated rings. The average Bonchev–Trinajstić information content (AvgIpc) is 2.45. The van der Waals surface area contributed by atoms with Crippen LogP contribution in [0.15, 0.2) is 30.3 Å². The highest BCUT2D eigenvalue weighted by molar-refractivity contribution is 6.34. The summed E-state index contributed by atoms with van der Waals surface area (Å²) in [4.78, 5) is 4.14. The maximum Gasteiger partial charge on any atom is 0.154 e. The molecule has 0 saturated carbocycles. The first-order valence-corrected chi connectivity index (χ1v) is 8.00. The fourth-order valence-electron chi connectivity index (χ4n) is 3.10. The maximum absolute atomic E-state index is 6.25. The van der Waals surface area contributed by atoms with Crippen molar-refractivity contribution in [2.75, 3.05) is 5.32 Å². The fraction of sp³-hybridized carbons (Fsp3) is 0.353. The zero-order valence-electron chi connectivity index (χ0n) is 12.2. The van der Waals surface area contributed by atoms with E-state index in [2.05, 4.69) is 41.5 Å². The Kier molecular flexibility index (Phi) is 4.10. The largest absolute Gasteiger partial charge is 0.376 e. The van der Waals surface area contributed by atoms with Crippen molar-refractivity contribution in [3.63, 3.8) is 0 Å². The Morgan fingerprint density at radius 3 is 2.57 bits per heavy atom. The highest BCUT2D eigenvalue weighted by Gasteiger charge is 2.25. The highest BCUT2D eigenvalue weighted by atomic mass is 35.5. The SMILES string of the molecule is Cc1cc(Cl)nc(Cl)c1NC1CCC(C)c2ccccc21. The van der Waals surface area contributed by atoms with Crippen LogP contribution < -0.4 is 5.32 Å². The van der Waals surface area contributed by atoms with E-state index in [9.17, 15) is 0 Å². The first-order chi connectivity index (χ1) is 10.1. The number of fused-ring (bicyclic) bond motifs is 1. The minimum Gasteiger partial charge on any atom is -0.376 e. The van der Waals surface area contributed by atoms with E-state index >= 15 is 0 Å². The number of halogens is 2.